The third-order valence-corrected chi connectivity index (χ3v) is 3.84. The van der Waals surface area contributed by atoms with Crippen LogP contribution in [0.2, 0.25) is 0 Å². The van der Waals surface area contributed by atoms with Crippen molar-refractivity contribution in [2.45, 2.75) is 38.6 Å². The van der Waals surface area contributed by atoms with Crippen molar-refractivity contribution < 1.29 is 4.74 Å². The zero-order chi connectivity index (χ0) is 13.5. The van der Waals surface area contributed by atoms with E-state index in [9.17, 15) is 0 Å². The normalized spacial score (nSPS) is 16.4. The first-order valence-electron chi connectivity index (χ1n) is 7.45. The van der Waals surface area contributed by atoms with Crippen LogP contribution in [0, 0.1) is 0 Å². The van der Waals surface area contributed by atoms with E-state index in [-0.39, 0.29) is 0 Å². The molecule has 106 valence electrons. The number of nitrogens with zero attached hydrogens (tertiary/aromatic N) is 1. The van der Waals surface area contributed by atoms with Gasteiger partial charge in [-0.25, -0.2) is 0 Å². The molecule has 1 aromatic carbocycles. The number of ether oxygens (including phenoxy) is 1. The van der Waals surface area contributed by atoms with Gasteiger partial charge in [-0.05, 0) is 45.4 Å². The minimum atomic E-state index is 0.625. The van der Waals surface area contributed by atoms with Crippen molar-refractivity contribution >= 4 is 5.69 Å². The molecule has 1 heterocycles. The van der Waals surface area contributed by atoms with Crippen LogP contribution in [0.5, 0.6) is 5.75 Å². The van der Waals surface area contributed by atoms with E-state index >= 15 is 0 Å². The molecule has 1 aliphatic heterocycles. The third kappa shape index (κ3) is 4.13. The molecule has 1 atom stereocenters. The van der Waals surface area contributed by atoms with Gasteiger partial charge in [-0.15, -0.1) is 0 Å². The van der Waals surface area contributed by atoms with Gasteiger partial charge in [-0.2, -0.15) is 0 Å². The van der Waals surface area contributed by atoms with E-state index in [1.807, 2.05) is 7.05 Å². The van der Waals surface area contributed by atoms with Gasteiger partial charge in [0.15, 0.2) is 0 Å². The van der Waals surface area contributed by atoms with Gasteiger partial charge in [-0.1, -0.05) is 18.6 Å². The second-order valence-electron chi connectivity index (χ2n) is 5.34. The summed E-state index contributed by atoms with van der Waals surface area (Å²) >= 11 is 0. The maximum absolute atomic E-state index is 5.79. The number of hydrogen-bond donors (Lipinski definition) is 1. The van der Waals surface area contributed by atoms with E-state index in [1.54, 1.807) is 0 Å². The molecule has 0 saturated carbocycles. The fourth-order valence-electron chi connectivity index (χ4n) is 2.53. The highest BCUT2D eigenvalue weighted by atomic mass is 16.5. The predicted octanol–water partition coefficient (Wildman–Crippen LogP) is 3.05. The van der Waals surface area contributed by atoms with E-state index in [0.29, 0.717) is 6.04 Å². The van der Waals surface area contributed by atoms with E-state index in [0.717, 1.165) is 31.9 Å². The van der Waals surface area contributed by atoms with Crippen molar-refractivity contribution in [3.8, 4) is 5.75 Å². The van der Waals surface area contributed by atoms with Crippen molar-refractivity contribution in [2.75, 3.05) is 31.6 Å². The molecule has 0 bridgehead atoms. The highest BCUT2D eigenvalue weighted by Gasteiger charge is 2.15. The van der Waals surface area contributed by atoms with Crippen molar-refractivity contribution in [2.24, 2.45) is 0 Å². The highest BCUT2D eigenvalue weighted by Crippen LogP contribution is 2.30. The lowest BCUT2D eigenvalue weighted by Crippen LogP contribution is -2.26. The largest absolute Gasteiger partial charge is 0.491 e. The molecule has 0 aliphatic carbocycles. The molecule has 0 aromatic heterocycles. The molecule has 1 aromatic rings. The molecule has 19 heavy (non-hydrogen) atoms. The first-order valence-corrected chi connectivity index (χ1v) is 7.45. The minimum absolute atomic E-state index is 0.625. The Kier molecular flexibility index (Phi) is 5.52. The third-order valence-electron chi connectivity index (χ3n) is 3.84. The Hall–Kier alpha value is -1.22. The average molecular weight is 262 g/mol. The number of nitrogens with one attached hydrogen (secondary N) is 1. The molecule has 0 saturated heterocycles. The molecule has 0 fully saturated rings. The number of anilines is 1. The van der Waals surface area contributed by atoms with Crippen LogP contribution in [-0.4, -0.2) is 32.8 Å². The quantitative estimate of drug-likeness (QED) is 0.797. The molecule has 0 spiro atoms. The summed E-state index contributed by atoms with van der Waals surface area (Å²) in [4.78, 5) is 2.48. The van der Waals surface area contributed by atoms with Crippen LogP contribution < -0.4 is 15.0 Å². The van der Waals surface area contributed by atoms with E-state index in [4.69, 9.17) is 4.74 Å². The fourth-order valence-corrected chi connectivity index (χ4v) is 2.53. The predicted molar refractivity (Wildman–Crippen MR) is 81.1 cm³/mol. The van der Waals surface area contributed by atoms with Crippen molar-refractivity contribution in [1.29, 1.82) is 0 Å². The first kappa shape index (κ1) is 14.2. The molecule has 1 unspecified atom stereocenters. The molecule has 0 radical (unpaired) electrons. The number of para-hydroxylation sites is 2. The first-order chi connectivity index (χ1) is 9.31. The molecule has 1 aliphatic rings. The molecular formula is C16H26N2O. The minimum Gasteiger partial charge on any atom is -0.491 e. The molecule has 0 amide bonds. The SMILES string of the molecule is CNC(C)CCCCN1CCCOc2ccccc21. The van der Waals surface area contributed by atoms with Gasteiger partial charge < -0.3 is 15.0 Å². The summed E-state index contributed by atoms with van der Waals surface area (Å²) in [5.74, 6) is 1.04. The Morgan fingerprint density at radius 2 is 2.16 bits per heavy atom. The van der Waals surface area contributed by atoms with Crippen LogP contribution in [0.1, 0.15) is 32.6 Å². The van der Waals surface area contributed by atoms with E-state index < -0.39 is 0 Å². The van der Waals surface area contributed by atoms with Crippen LogP contribution in [0.15, 0.2) is 24.3 Å². The van der Waals surface area contributed by atoms with Crippen molar-refractivity contribution in [3.63, 3.8) is 0 Å². The number of benzene rings is 1. The number of hydrogen-bond acceptors (Lipinski definition) is 3. The van der Waals surface area contributed by atoms with Gasteiger partial charge in [-0.3, -0.25) is 0 Å². The molecule has 2 rings (SSSR count). The Labute approximate surface area is 116 Å². The average Bonchev–Trinajstić information content (AvgIpc) is 2.66. The lowest BCUT2D eigenvalue weighted by atomic mass is 10.1. The summed E-state index contributed by atoms with van der Waals surface area (Å²) in [5.41, 5.74) is 1.27. The number of fused-ring (bicyclic) bond motifs is 1. The summed E-state index contributed by atoms with van der Waals surface area (Å²) in [6.45, 7) is 5.33. The molecule has 1 N–H and O–H groups in total. The lowest BCUT2D eigenvalue weighted by Gasteiger charge is -2.24. The molecule has 3 heteroatoms. The van der Waals surface area contributed by atoms with Crippen LogP contribution >= 0.6 is 0 Å². The summed E-state index contributed by atoms with van der Waals surface area (Å²) in [7, 11) is 2.03. The second-order valence-corrected chi connectivity index (χ2v) is 5.34. The second kappa shape index (κ2) is 7.39. The summed E-state index contributed by atoms with van der Waals surface area (Å²) in [5, 5.41) is 3.30. The standard InChI is InChI=1S/C16H26N2O/c1-14(17-2)8-5-6-11-18-12-7-13-19-16-10-4-3-9-15(16)18/h3-4,9-10,14,17H,5-8,11-13H2,1-2H3. The maximum Gasteiger partial charge on any atom is 0.142 e. The fraction of sp³-hybridized carbons (Fsp3) is 0.625. The van der Waals surface area contributed by atoms with Gasteiger partial charge >= 0.3 is 0 Å². The van der Waals surface area contributed by atoms with Crippen LogP contribution in [-0.2, 0) is 0 Å². The maximum atomic E-state index is 5.79. The van der Waals surface area contributed by atoms with Gasteiger partial charge in [0, 0.05) is 19.1 Å². The van der Waals surface area contributed by atoms with Crippen LogP contribution in [0.3, 0.4) is 0 Å². The van der Waals surface area contributed by atoms with Gasteiger partial charge in [0.2, 0.25) is 0 Å². The number of unbranched alkanes of at least 4 members (excludes halogenated alkanes) is 1. The van der Waals surface area contributed by atoms with Gasteiger partial charge in [0.05, 0.1) is 12.3 Å². The van der Waals surface area contributed by atoms with Gasteiger partial charge in [0.25, 0.3) is 0 Å². The number of rotatable bonds is 6. The topological polar surface area (TPSA) is 24.5 Å². The van der Waals surface area contributed by atoms with E-state index in [1.165, 1.54) is 24.9 Å². The molecular weight excluding hydrogens is 236 g/mol. The summed E-state index contributed by atoms with van der Waals surface area (Å²) in [6, 6.07) is 9.04. The zero-order valence-corrected chi connectivity index (χ0v) is 12.2. The van der Waals surface area contributed by atoms with Crippen LogP contribution in [0.25, 0.3) is 0 Å². The Morgan fingerprint density at radius 3 is 3.00 bits per heavy atom. The molecule has 3 nitrogen and oxygen atoms in total. The van der Waals surface area contributed by atoms with Crippen molar-refractivity contribution in [3.05, 3.63) is 24.3 Å². The van der Waals surface area contributed by atoms with Crippen molar-refractivity contribution in [1.82, 2.24) is 5.32 Å². The zero-order valence-electron chi connectivity index (χ0n) is 12.2. The Balaban J connectivity index is 1.86. The Morgan fingerprint density at radius 1 is 1.32 bits per heavy atom. The summed E-state index contributed by atoms with van der Waals surface area (Å²) in [6.07, 6.45) is 4.89. The lowest BCUT2D eigenvalue weighted by molar-refractivity contribution is 0.322. The smallest absolute Gasteiger partial charge is 0.142 e. The highest BCUT2D eigenvalue weighted by molar-refractivity contribution is 5.58. The summed E-state index contributed by atoms with van der Waals surface area (Å²) < 4.78 is 5.79. The Bertz CT molecular complexity index is 381. The van der Waals surface area contributed by atoms with E-state index in [2.05, 4.69) is 41.4 Å². The monoisotopic (exact) mass is 262 g/mol. The van der Waals surface area contributed by atoms with Gasteiger partial charge in [0.1, 0.15) is 5.75 Å². The van der Waals surface area contributed by atoms with Crippen LogP contribution in [0.4, 0.5) is 5.69 Å².